The molecule has 4 aromatic rings. The molecule has 6 rings (SSSR count). The number of aliphatic imine (C=N–C) groups is 1. The number of carbonyl (C=O) groups excluding carboxylic acids is 1. The molecule has 1 fully saturated rings. The lowest BCUT2D eigenvalue weighted by atomic mass is 9.82. The largest absolute Gasteiger partial charge is 0.494 e. The van der Waals surface area contributed by atoms with Crippen molar-refractivity contribution in [2.24, 2.45) is 4.99 Å². The molecule has 250 valence electrons. The van der Waals surface area contributed by atoms with Gasteiger partial charge in [-0.15, -0.1) is 0 Å². The second-order valence-electron chi connectivity index (χ2n) is 11.9. The first-order chi connectivity index (χ1) is 23.6. The third-order valence-electron chi connectivity index (χ3n) is 8.63. The molecule has 48 heavy (non-hydrogen) atoms. The van der Waals surface area contributed by atoms with Crippen LogP contribution >= 0.6 is 15.9 Å². The van der Waals surface area contributed by atoms with E-state index >= 15 is 0 Å². The number of hydrogen-bond donors (Lipinski definition) is 3. The quantitative estimate of drug-likeness (QED) is 0.120. The van der Waals surface area contributed by atoms with E-state index in [1.54, 1.807) is 0 Å². The maximum atomic E-state index is 14.5. The molecule has 9 nitrogen and oxygen atoms in total. The highest BCUT2D eigenvalue weighted by molar-refractivity contribution is 9.10. The zero-order valence-corrected chi connectivity index (χ0v) is 28.4. The molecule has 2 aliphatic rings. The Morgan fingerprint density at radius 1 is 0.917 bits per heavy atom. The van der Waals surface area contributed by atoms with Gasteiger partial charge in [0.15, 0.2) is 11.6 Å². The molecule has 2 heterocycles. The molecule has 0 aliphatic carbocycles. The van der Waals surface area contributed by atoms with Crippen molar-refractivity contribution in [1.82, 2.24) is 15.8 Å². The van der Waals surface area contributed by atoms with Crippen LogP contribution in [0.1, 0.15) is 29.2 Å². The zero-order chi connectivity index (χ0) is 33.2. The number of nitrogens with one attached hydrogen (secondary N) is 2. The lowest BCUT2D eigenvalue weighted by molar-refractivity contribution is -0.130. The van der Waals surface area contributed by atoms with Crippen molar-refractivity contribution in [2.75, 3.05) is 52.6 Å². The van der Waals surface area contributed by atoms with E-state index in [0.29, 0.717) is 37.6 Å². The summed E-state index contributed by atoms with van der Waals surface area (Å²) in [4.78, 5) is 22.0. The minimum atomic E-state index is -1.34. The van der Waals surface area contributed by atoms with Gasteiger partial charge in [0.1, 0.15) is 5.75 Å². The molecule has 0 bridgehead atoms. The number of benzene rings is 4. The van der Waals surface area contributed by atoms with Gasteiger partial charge in [0.2, 0.25) is 5.90 Å². The molecule has 0 unspecified atom stereocenters. The van der Waals surface area contributed by atoms with Gasteiger partial charge in [0.05, 0.1) is 19.8 Å². The number of halogens is 1. The molecule has 2 atom stereocenters. The summed E-state index contributed by atoms with van der Waals surface area (Å²) in [6.07, 6.45) is 0.128. The fourth-order valence-electron chi connectivity index (χ4n) is 5.99. The van der Waals surface area contributed by atoms with Gasteiger partial charge >= 0.3 is 0 Å². The molecule has 0 radical (unpaired) electrons. The second kappa shape index (κ2) is 16.4. The highest BCUT2D eigenvalue weighted by Gasteiger charge is 2.53. The molecular formula is C38H41BrN4O5. The number of aliphatic hydroxyl groups excluding tert-OH is 1. The van der Waals surface area contributed by atoms with Crippen LogP contribution in [-0.2, 0) is 20.7 Å². The fraction of sp³-hybridized carbons (Fsp3) is 0.316. The van der Waals surface area contributed by atoms with E-state index in [9.17, 15) is 4.79 Å². The van der Waals surface area contributed by atoms with Crippen LogP contribution in [0.15, 0.2) is 113 Å². The van der Waals surface area contributed by atoms with Crippen molar-refractivity contribution in [2.45, 2.75) is 24.5 Å². The number of carbonyl (C=O) groups is 1. The third kappa shape index (κ3) is 8.14. The Labute approximate surface area is 290 Å². The Bertz CT molecular complexity index is 1660. The molecular weight excluding hydrogens is 672 g/mol. The van der Waals surface area contributed by atoms with Crippen molar-refractivity contribution < 1.29 is 24.1 Å². The standard InChI is InChI=1S/C38H41BrN4O5/c39-34-10-5-4-9-32(34)27-38(37(45)42-40-19-20-43-21-25-46-26-22-43)35(30-13-11-29(12-14-30)28-7-2-1-3-8-28)48-36(41-38)31-15-17-33(18-16-31)47-24-6-23-44/h1-5,7-18,35,40,44H,6,19-27H2,(H,42,45)/t35-,38-/m0/s1. The lowest BCUT2D eigenvalue weighted by Gasteiger charge is -2.31. The molecule has 0 spiro atoms. The molecule has 3 N–H and O–H groups in total. The Hall–Kier alpha value is -4.06. The summed E-state index contributed by atoms with van der Waals surface area (Å²) in [6.45, 7) is 5.02. The van der Waals surface area contributed by atoms with Crippen LogP contribution in [0, 0.1) is 0 Å². The van der Waals surface area contributed by atoms with E-state index < -0.39 is 11.6 Å². The summed E-state index contributed by atoms with van der Waals surface area (Å²) in [5.74, 6) is 0.779. The predicted octanol–water partition coefficient (Wildman–Crippen LogP) is 5.33. The summed E-state index contributed by atoms with van der Waals surface area (Å²) >= 11 is 3.71. The van der Waals surface area contributed by atoms with Crippen LogP contribution in [0.25, 0.3) is 11.1 Å². The van der Waals surface area contributed by atoms with Crippen molar-refractivity contribution in [3.05, 3.63) is 124 Å². The van der Waals surface area contributed by atoms with Crippen LogP contribution in [0.3, 0.4) is 0 Å². The maximum absolute atomic E-state index is 14.5. The number of hydrogen-bond acceptors (Lipinski definition) is 8. The van der Waals surface area contributed by atoms with Crippen LogP contribution in [0.4, 0.5) is 0 Å². The van der Waals surface area contributed by atoms with Crippen LogP contribution in [-0.4, -0.2) is 80.0 Å². The number of hydrazine groups is 1. The van der Waals surface area contributed by atoms with E-state index in [4.69, 9.17) is 24.3 Å². The zero-order valence-electron chi connectivity index (χ0n) is 26.8. The SMILES string of the molecule is O=C(NNCCN1CCOCC1)[C@@]1(Cc2ccccc2Br)N=C(c2ccc(OCCCO)cc2)O[C@H]1c1ccc(-c2ccccc2)cc1. The van der Waals surface area contributed by atoms with E-state index in [2.05, 4.69) is 55.9 Å². The summed E-state index contributed by atoms with van der Waals surface area (Å²) in [7, 11) is 0. The maximum Gasteiger partial charge on any atom is 0.266 e. The van der Waals surface area contributed by atoms with Crippen molar-refractivity contribution in [3.63, 3.8) is 0 Å². The number of aliphatic hydroxyl groups is 1. The van der Waals surface area contributed by atoms with Crippen molar-refractivity contribution in [3.8, 4) is 16.9 Å². The van der Waals surface area contributed by atoms with Gasteiger partial charge in [-0.1, -0.05) is 88.7 Å². The van der Waals surface area contributed by atoms with E-state index in [1.165, 1.54) is 0 Å². The first kappa shape index (κ1) is 33.8. The van der Waals surface area contributed by atoms with Gasteiger partial charge in [-0.05, 0) is 52.6 Å². The average Bonchev–Trinajstić information content (AvgIpc) is 3.53. The molecule has 4 aromatic carbocycles. The fourth-order valence-corrected chi connectivity index (χ4v) is 6.41. The summed E-state index contributed by atoms with van der Waals surface area (Å²) in [5, 5.41) is 9.11. The van der Waals surface area contributed by atoms with E-state index in [1.807, 2.05) is 78.9 Å². The van der Waals surface area contributed by atoms with E-state index in [0.717, 1.165) is 65.1 Å². The lowest BCUT2D eigenvalue weighted by Crippen LogP contribution is -2.55. The highest BCUT2D eigenvalue weighted by Crippen LogP contribution is 2.43. The molecule has 2 aliphatic heterocycles. The van der Waals surface area contributed by atoms with Crippen LogP contribution in [0.2, 0.25) is 0 Å². The molecule has 0 saturated carbocycles. The van der Waals surface area contributed by atoms with Gasteiger partial charge in [0, 0.05) is 55.7 Å². The minimum absolute atomic E-state index is 0.0696. The first-order valence-corrected chi connectivity index (χ1v) is 17.2. The van der Waals surface area contributed by atoms with E-state index in [-0.39, 0.29) is 12.5 Å². The number of ether oxygens (including phenoxy) is 3. The van der Waals surface area contributed by atoms with Crippen LogP contribution in [0.5, 0.6) is 5.75 Å². The Balaban J connectivity index is 1.34. The van der Waals surface area contributed by atoms with Gasteiger partial charge in [-0.25, -0.2) is 10.4 Å². The summed E-state index contributed by atoms with van der Waals surface area (Å²) in [5.41, 5.74) is 9.53. The van der Waals surface area contributed by atoms with Gasteiger partial charge in [-0.3, -0.25) is 15.1 Å². The Kier molecular flexibility index (Phi) is 11.5. The number of morpholine rings is 1. The summed E-state index contributed by atoms with van der Waals surface area (Å²) < 4.78 is 18.8. The second-order valence-corrected chi connectivity index (χ2v) is 12.7. The number of nitrogens with zero attached hydrogens (tertiary/aromatic N) is 2. The Morgan fingerprint density at radius 3 is 2.33 bits per heavy atom. The average molecular weight is 714 g/mol. The molecule has 1 amide bonds. The first-order valence-electron chi connectivity index (χ1n) is 16.4. The minimum Gasteiger partial charge on any atom is -0.494 e. The Morgan fingerprint density at radius 2 is 1.60 bits per heavy atom. The van der Waals surface area contributed by atoms with Gasteiger partial charge < -0.3 is 19.3 Å². The monoisotopic (exact) mass is 712 g/mol. The van der Waals surface area contributed by atoms with Crippen molar-refractivity contribution >= 4 is 27.7 Å². The highest BCUT2D eigenvalue weighted by atomic mass is 79.9. The van der Waals surface area contributed by atoms with Gasteiger partial charge in [0.25, 0.3) is 5.91 Å². The van der Waals surface area contributed by atoms with Gasteiger partial charge in [-0.2, -0.15) is 0 Å². The smallest absolute Gasteiger partial charge is 0.266 e. The van der Waals surface area contributed by atoms with Crippen LogP contribution < -0.4 is 15.6 Å². The number of rotatable bonds is 14. The molecule has 0 aromatic heterocycles. The molecule has 1 saturated heterocycles. The summed E-state index contributed by atoms with van der Waals surface area (Å²) in [6, 6.07) is 33.7. The topological polar surface area (TPSA) is 105 Å². The number of amides is 1. The third-order valence-corrected chi connectivity index (χ3v) is 9.40. The normalized spacial score (nSPS) is 19.4. The predicted molar refractivity (Wildman–Crippen MR) is 190 cm³/mol. The van der Waals surface area contributed by atoms with Crippen molar-refractivity contribution in [1.29, 1.82) is 0 Å². The molecule has 10 heteroatoms.